The third-order valence-electron chi connectivity index (χ3n) is 2.16. The van der Waals surface area contributed by atoms with E-state index in [1.165, 1.54) is 0 Å². The monoisotopic (exact) mass is 158 g/mol. The summed E-state index contributed by atoms with van der Waals surface area (Å²) < 4.78 is 0. The lowest BCUT2D eigenvalue weighted by Gasteiger charge is -2.30. The predicted molar refractivity (Wildman–Crippen MR) is 50.6 cm³/mol. The van der Waals surface area contributed by atoms with E-state index in [1.54, 1.807) is 0 Å². The molecular formula is C9H22N2. The molecule has 0 heterocycles. The van der Waals surface area contributed by atoms with Crippen LogP contribution in [0.25, 0.3) is 0 Å². The van der Waals surface area contributed by atoms with E-state index >= 15 is 0 Å². The van der Waals surface area contributed by atoms with Gasteiger partial charge in [0.2, 0.25) is 0 Å². The summed E-state index contributed by atoms with van der Waals surface area (Å²) in [6.45, 7) is 10.8. The van der Waals surface area contributed by atoms with Gasteiger partial charge in [0.25, 0.3) is 0 Å². The minimum atomic E-state index is 0.226. The fourth-order valence-corrected chi connectivity index (χ4v) is 0.739. The molecule has 0 saturated heterocycles. The lowest BCUT2D eigenvalue weighted by molar-refractivity contribution is 0.233. The fraction of sp³-hybridized carbons (Fsp3) is 1.00. The molecule has 2 N–H and O–H groups in total. The van der Waals surface area contributed by atoms with E-state index in [1.807, 2.05) is 0 Å². The predicted octanol–water partition coefficient (Wildman–Crippen LogP) is 1.31. The molecule has 11 heavy (non-hydrogen) atoms. The highest BCUT2D eigenvalue weighted by atomic mass is 15.1. The Bertz CT molecular complexity index is 105. The van der Waals surface area contributed by atoms with Crippen LogP contribution in [0.15, 0.2) is 0 Å². The summed E-state index contributed by atoms with van der Waals surface area (Å²) >= 11 is 0. The Hall–Kier alpha value is -0.0800. The van der Waals surface area contributed by atoms with Crippen molar-refractivity contribution in [2.24, 2.45) is 11.1 Å². The second-order valence-electron chi connectivity index (χ2n) is 4.33. The zero-order chi connectivity index (χ0) is 9.07. The van der Waals surface area contributed by atoms with Crippen LogP contribution in [0.3, 0.4) is 0 Å². The Morgan fingerprint density at radius 1 is 1.36 bits per heavy atom. The van der Waals surface area contributed by atoms with Crippen molar-refractivity contribution in [3.05, 3.63) is 0 Å². The van der Waals surface area contributed by atoms with Gasteiger partial charge in [-0.05, 0) is 19.0 Å². The van der Waals surface area contributed by atoms with Gasteiger partial charge in [-0.2, -0.15) is 0 Å². The average Bonchev–Trinajstić information content (AvgIpc) is 1.85. The summed E-state index contributed by atoms with van der Waals surface area (Å²) in [5, 5.41) is 0. The summed E-state index contributed by atoms with van der Waals surface area (Å²) in [4.78, 5) is 2.25. The molecule has 0 aliphatic heterocycles. The van der Waals surface area contributed by atoms with E-state index < -0.39 is 0 Å². The largest absolute Gasteiger partial charge is 0.326 e. The highest BCUT2D eigenvalue weighted by molar-refractivity contribution is 4.78. The average molecular weight is 158 g/mol. The van der Waals surface area contributed by atoms with Crippen molar-refractivity contribution < 1.29 is 0 Å². The van der Waals surface area contributed by atoms with E-state index in [-0.39, 0.29) is 11.5 Å². The molecular weight excluding hydrogens is 136 g/mol. The molecule has 0 amide bonds. The number of nitrogens with two attached hydrogens (primary N) is 1. The van der Waals surface area contributed by atoms with Crippen LogP contribution in [0.4, 0.5) is 0 Å². The van der Waals surface area contributed by atoms with E-state index in [4.69, 9.17) is 5.73 Å². The molecule has 0 saturated carbocycles. The standard InChI is InChI=1S/C9H22N2/c1-6-11(5)7-8(10)9(2,3)4/h8H,6-7,10H2,1-5H3. The molecule has 0 rings (SSSR count). The van der Waals surface area contributed by atoms with Gasteiger partial charge in [-0.25, -0.2) is 0 Å². The zero-order valence-electron chi connectivity index (χ0n) is 8.52. The summed E-state index contributed by atoms with van der Waals surface area (Å²) in [6, 6.07) is 0.271. The number of hydrogen-bond donors (Lipinski definition) is 1. The van der Waals surface area contributed by atoms with Gasteiger partial charge in [0, 0.05) is 12.6 Å². The molecule has 1 unspecified atom stereocenters. The molecule has 0 spiro atoms. The van der Waals surface area contributed by atoms with Crippen molar-refractivity contribution in [3.63, 3.8) is 0 Å². The summed E-state index contributed by atoms with van der Waals surface area (Å²) in [5.74, 6) is 0. The topological polar surface area (TPSA) is 29.3 Å². The van der Waals surface area contributed by atoms with Crippen LogP contribution in [0.1, 0.15) is 27.7 Å². The highest BCUT2D eigenvalue weighted by Gasteiger charge is 2.20. The van der Waals surface area contributed by atoms with Crippen molar-refractivity contribution >= 4 is 0 Å². The molecule has 68 valence electrons. The van der Waals surface area contributed by atoms with Gasteiger partial charge in [0.15, 0.2) is 0 Å². The SMILES string of the molecule is CCN(C)CC(N)C(C)(C)C. The van der Waals surface area contributed by atoms with Gasteiger partial charge in [0.05, 0.1) is 0 Å². The Balaban J connectivity index is 3.77. The number of rotatable bonds is 3. The van der Waals surface area contributed by atoms with Gasteiger partial charge in [0.1, 0.15) is 0 Å². The zero-order valence-corrected chi connectivity index (χ0v) is 8.52. The van der Waals surface area contributed by atoms with Crippen molar-refractivity contribution in [1.82, 2.24) is 4.90 Å². The maximum absolute atomic E-state index is 5.99. The smallest absolute Gasteiger partial charge is 0.0217 e. The highest BCUT2D eigenvalue weighted by Crippen LogP contribution is 2.17. The quantitative estimate of drug-likeness (QED) is 0.671. The first-order valence-corrected chi connectivity index (χ1v) is 4.32. The molecule has 0 aliphatic carbocycles. The molecule has 1 atom stereocenters. The van der Waals surface area contributed by atoms with Crippen molar-refractivity contribution in [2.45, 2.75) is 33.7 Å². The van der Waals surface area contributed by atoms with Gasteiger partial charge >= 0.3 is 0 Å². The molecule has 2 heteroatoms. The molecule has 2 nitrogen and oxygen atoms in total. The van der Waals surface area contributed by atoms with Crippen LogP contribution in [-0.4, -0.2) is 31.1 Å². The van der Waals surface area contributed by atoms with E-state index in [0.717, 1.165) is 13.1 Å². The van der Waals surface area contributed by atoms with Crippen molar-refractivity contribution in [3.8, 4) is 0 Å². The van der Waals surface area contributed by atoms with Crippen molar-refractivity contribution in [1.29, 1.82) is 0 Å². The first-order chi connectivity index (χ1) is 4.88. The third-order valence-corrected chi connectivity index (χ3v) is 2.16. The minimum absolute atomic E-state index is 0.226. The lowest BCUT2D eigenvalue weighted by atomic mass is 9.87. The summed E-state index contributed by atoms with van der Waals surface area (Å²) in [6.07, 6.45) is 0. The fourth-order valence-electron chi connectivity index (χ4n) is 0.739. The van der Waals surface area contributed by atoms with E-state index in [0.29, 0.717) is 0 Å². The van der Waals surface area contributed by atoms with Crippen LogP contribution in [0.2, 0.25) is 0 Å². The Morgan fingerprint density at radius 3 is 2.09 bits per heavy atom. The van der Waals surface area contributed by atoms with Gasteiger partial charge in [-0.3, -0.25) is 0 Å². The molecule has 0 aliphatic rings. The number of nitrogens with zero attached hydrogens (tertiary/aromatic N) is 1. The number of likely N-dealkylation sites (N-methyl/N-ethyl adjacent to an activating group) is 1. The van der Waals surface area contributed by atoms with Crippen LogP contribution in [0, 0.1) is 5.41 Å². The van der Waals surface area contributed by atoms with Crippen LogP contribution in [0.5, 0.6) is 0 Å². The summed E-state index contributed by atoms with van der Waals surface area (Å²) in [5.41, 5.74) is 6.21. The van der Waals surface area contributed by atoms with Gasteiger partial charge in [-0.1, -0.05) is 27.7 Å². The second kappa shape index (κ2) is 4.07. The van der Waals surface area contributed by atoms with Crippen molar-refractivity contribution in [2.75, 3.05) is 20.1 Å². The third kappa shape index (κ3) is 4.38. The Morgan fingerprint density at radius 2 is 1.82 bits per heavy atom. The van der Waals surface area contributed by atoms with Gasteiger partial charge in [-0.15, -0.1) is 0 Å². The first-order valence-electron chi connectivity index (χ1n) is 4.32. The van der Waals surface area contributed by atoms with Crippen LogP contribution >= 0.6 is 0 Å². The molecule has 0 fully saturated rings. The molecule has 0 radical (unpaired) electrons. The van der Waals surface area contributed by atoms with E-state index in [9.17, 15) is 0 Å². The van der Waals surface area contributed by atoms with E-state index in [2.05, 4.69) is 39.6 Å². The molecule has 0 aromatic heterocycles. The van der Waals surface area contributed by atoms with Crippen LogP contribution in [-0.2, 0) is 0 Å². The normalized spacial score (nSPS) is 15.5. The second-order valence-corrected chi connectivity index (χ2v) is 4.33. The number of hydrogen-bond acceptors (Lipinski definition) is 2. The Labute approximate surface area is 70.8 Å². The van der Waals surface area contributed by atoms with Gasteiger partial charge < -0.3 is 10.6 Å². The Kier molecular flexibility index (Phi) is 4.04. The molecule has 0 aromatic rings. The molecule has 0 aromatic carbocycles. The first kappa shape index (κ1) is 10.9. The molecule has 0 bridgehead atoms. The maximum Gasteiger partial charge on any atom is 0.0217 e. The minimum Gasteiger partial charge on any atom is -0.326 e. The summed E-state index contributed by atoms with van der Waals surface area (Å²) in [7, 11) is 2.10. The van der Waals surface area contributed by atoms with Crippen LogP contribution < -0.4 is 5.73 Å². The lowest BCUT2D eigenvalue weighted by Crippen LogP contribution is -2.44. The maximum atomic E-state index is 5.99.